The van der Waals surface area contributed by atoms with Gasteiger partial charge in [0.1, 0.15) is 5.01 Å². The maximum absolute atomic E-state index is 11.0. The van der Waals surface area contributed by atoms with Crippen LogP contribution in [0.4, 0.5) is 0 Å². The van der Waals surface area contributed by atoms with E-state index in [1.807, 2.05) is 35.7 Å². The van der Waals surface area contributed by atoms with E-state index in [2.05, 4.69) is 4.98 Å². The Hall–Kier alpha value is -2.17. The van der Waals surface area contributed by atoms with Gasteiger partial charge in [0.25, 0.3) is 0 Å². The molecule has 5 heteroatoms. The van der Waals surface area contributed by atoms with Crippen LogP contribution in [0.3, 0.4) is 0 Å². The predicted molar refractivity (Wildman–Crippen MR) is 85.0 cm³/mol. The van der Waals surface area contributed by atoms with E-state index < -0.39 is 5.97 Å². The van der Waals surface area contributed by atoms with Crippen molar-refractivity contribution in [3.8, 4) is 21.8 Å². The van der Waals surface area contributed by atoms with E-state index in [0.717, 1.165) is 21.8 Å². The monoisotopic (exact) mass is 315 g/mol. The largest absolute Gasteiger partial charge is 0.478 e. The number of rotatable bonds is 3. The van der Waals surface area contributed by atoms with Crippen LogP contribution in [0, 0.1) is 0 Å². The molecule has 0 radical (unpaired) electrons. The van der Waals surface area contributed by atoms with Crippen LogP contribution in [0.2, 0.25) is 5.02 Å². The predicted octanol–water partition coefficient (Wildman–Crippen LogP) is 4.83. The lowest BCUT2D eigenvalue weighted by Gasteiger charge is -2.00. The molecule has 0 amide bonds. The molecule has 0 saturated heterocycles. The molecule has 0 spiro atoms. The van der Waals surface area contributed by atoms with Crippen molar-refractivity contribution in [1.29, 1.82) is 0 Å². The van der Waals surface area contributed by atoms with Gasteiger partial charge in [-0.05, 0) is 18.2 Å². The average Bonchev–Trinajstić information content (AvgIpc) is 2.97. The molecule has 1 aromatic heterocycles. The molecule has 3 aromatic rings. The lowest BCUT2D eigenvalue weighted by atomic mass is 10.1. The SMILES string of the molecule is O=C(O)c1cccc(-c2nc(-c3ccccc3Cl)cs2)c1. The van der Waals surface area contributed by atoms with Crippen LogP contribution in [-0.2, 0) is 0 Å². The van der Waals surface area contributed by atoms with Gasteiger partial charge < -0.3 is 5.11 Å². The van der Waals surface area contributed by atoms with Crippen LogP contribution < -0.4 is 0 Å². The van der Waals surface area contributed by atoms with Gasteiger partial charge in [-0.1, -0.05) is 41.9 Å². The standard InChI is InChI=1S/C16H10ClNO2S/c17-13-7-2-1-6-12(13)14-9-21-15(18-14)10-4-3-5-11(8-10)16(19)20/h1-9H,(H,19,20). The van der Waals surface area contributed by atoms with E-state index in [0.29, 0.717) is 5.02 Å². The van der Waals surface area contributed by atoms with E-state index in [1.54, 1.807) is 18.2 Å². The van der Waals surface area contributed by atoms with Gasteiger partial charge in [0.2, 0.25) is 0 Å². The molecule has 0 aliphatic carbocycles. The topological polar surface area (TPSA) is 50.2 Å². The van der Waals surface area contributed by atoms with Crippen molar-refractivity contribution in [1.82, 2.24) is 4.98 Å². The maximum atomic E-state index is 11.0. The molecule has 21 heavy (non-hydrogen) atoms. The molecule has 104 valence electrons. The summed E-state index contributed by atoms with van der Waals surface area (Å²) < 4.78 is 0. The third-order valence-corrected chi connectivity index (χ3v) is 4.23. The number of thiazole rings is 1. The lowest BCUT2D eigenvalue weighted by Crippen LogP contribution is -1.95. The van der Waals surface area contributed by atoms with Crippen molar-refractivity contribution in [3.63, 3.8) is 0 Å². The fourth-order valence-corrected chi connectivity index (χ4v) is 3.03. The van der Waals surface area contributed by atoms with E-state index in [1.165, 1.54) is 11.3 Å². The molecule has 0 atom stereocenters. The second kappa shape index (κ2) is 5.68. The second-order valence-electron chi connectivity index (χ2n) is 4.40. The minimum absolute atomic E-state index is 0.252. The number of hydrogen-bond acceptors (Lipinski definition) is 3. The summed E-state index contributed by atoms with van der Waals surface area (Å²) in [5, 5.41) is 12.4. The first-order valence-electron chi connectivity index (χ1n) is 6.19. The molecule has 0 bridgehead atoms. The number of carbonyl (C=O) groups is 1. The Morgan fingerprint density at radius 2 is 1.95 bits per heavy atom. The Morgan fingerprint density at radius 1 is 1.14 bits per heavy atom. The summed E-state index contributed by atoms with van der Waals surface area (Å²) in [6, 6.07) is 14.3. The van der Waals surface area contributed by atoms with Crippen molar-refractivity contribution < 1.29 is 9.90 Å². The summed E-state index contributed by atoms with van der Waals surface area (Å²) >= 11 is 7.63. The normalized spacial score (nSPS) is 10.5. The zero-order valence-corrected chi connectivity index (χ0v) is 12.4. The van der Waals surface area contributed by atoms with Crippen LogP contribution in [0.1, 0.15) is 10.4 Å². The smallest absolute Gasteiger partial charge is 0.335 e. The number of carboxylic acids is 1. The number of halogens is 1. The van der Waals surface area contributed by atoms with Crippen molar-refractivity contribution in [2.45, 2.75) is 0 Å². The van der Waals surface area contributed by atoms with Gasteiger partial charge in [0.15, 0.2) is 0 Å². The molecule has 0 unspecified atom stereocenters. The highest BCUT2D eigenvalue weighted by Gasteiger charge is 2.11. The molecule has 3 rings (SSSR count). The molecule has 1 N–H and O–H groups in total. The van der Waals surface area contributed by atoms with Gasteiger partial charge in [0, 0.05) is 21.5 Å². The second-order valence-corrected chi connectivity index (χ2v) is 5.67. The van der Waals surface area contributed by atoms with Crippen LogP contribution in [-0.4, -0.2) is 16.1 Å². The van der Waals surface area contributed by atoms with E-state index in [-0.39, 0.29) is 5.56 Å². The fraction of sp³-hybridized carbons (Fsp3) is 0. The highest BCUT2D eigenvalue weighted by atomic mass is 35.5. The summed E-state index contributed by atoms with van der Waals surface area (Å²) in [5.41, 5.74) is 2.71. The molecule has 0 fully saturated rings. The molecular formula is C16H10ClNO2S. The molecule has 0 aliphatic heterocycles. The summed E-state index contributed by atoms with van der Waals surface area (Å²) in [6.07, 6.45) is 0. The Balaban J connectivity index is 2.01. The van der Waals surface area contributed by atoms with Gasteiger partial charge in [-0.15, -0.1) is 11.3 Å². The van der Waals surface area contributed by atoms with Crippen molar-refractivity contribution in [2.75, 3.05) is 0 Å². The van der Waals surface area contributed by atoms with Crippen LogP contribution in [0.15, 0.2) is 53.9 Å². The Morgan fingerprint density at radius 3 is 2.71 bits per heavy atom. The summed E-state index contributed by atoms with van der Waals surface area (Å²) in [6.45, 7) is 0. The van der Waals surface area contributed by atoms with Crippen LogP contribution in [0.25, 0.3) is 21.8 Å². The maximum Gasteiger partial charge on any atom is 0.335 e. The summed E-state index contributed by atoms with van der Waals surface area (Å²) in [4.78, 5) is 15.6. The Labute approximate surface area is 130 Å². The third kappa shape index (κ3) is 2.82. The highest BCUT2D eigenvalue weighted by Crippen LogP contribution is 2.32. The summed E-state index contributed by atoms with van der Waals surface area (Å²) in [7, 11) is 0. The molecule has 1 heterocycles. The zero-order valence-electron chi connectivity index (χ0n) is 10.8. The number of nitrogens with zero attached hydrogens (tertiary/aromatic N) is 1. The zero-order chi connectivity index (χ0) is 14.8. The highest BCUT2D eigenvalue weighted by molar-refractivity contribution is 7.13. The minimum atomic E-state index is -0.945. The van der Waals surface area contributed by atoms with Crippen LogP contribution >= 0.6 is 22.9 Å². The molecule has 0 saturated carbocycles. The van der Waals surface area contributed by atoms with Crippen molar-refractivity contribution >= 4 is 28.9 Å². The minimum Gasteiger partial charge on any atom is -0.478 e. The van der Waals surface area contributed by atoms with E-state index >= 15 is 0 Å². The van der Waals surface area contributed by atoms with Crippen LogP contribution in [0.5, 0.6) is 0 Å². The van der Waals surface area contributed by atoms with Crippen molar-refractivity contribution in [2.24, 2.45) is 0 Å². The first-order chi connectivity index (χ1) is 10.1. The molecule has 2 aromatic carbocycles. The van der Waals surface area contributed by atoms with Gasteiger partial charge in [0.05, 0.1) is 11.3 Å². The van der Waals surface area contributed by atoms with Gasteiger partial charge in [-0.2, -0.15) is 0 Å². The third-order valence-electron chi connectivity index (χ3n) is 3.01. The first kappa shape index (κ1) is 13.8. The molecular weight excluding hydrogens is 306 g/mol. The summed E-state index contributed by atoms with van der Waals surface area (Å²) in [5.74, 6) is -0.945. The number of aromatic carboxylic acids is 1. The van der Waals surface area contributed by atoms with E-state index in [4.69, 9.17) is 16.7 Å². The fourth-order valence-electron chi connectivity index (χ4n) is 1.98. The Kier molecular flexibility index (Phi) is 3.73. The average molecular weight is 316 g/mol. The first-order valence-corrected chi connectivity index (χ1v) is 7.45. The van der Waals surface area contributed by atoms with Crippen molar-refractivity contribution in [3.05, 3.63) is 64.5 Å². The van der Waals surface area contributed by atoms with Gasteiger partial charge in [-0.3, -0.25) is 0 Å². The number of carboxylic acid groups (broad SMARTS) is 1. The number of benzene rings is 2. The quantitative estimate of drug-likeness (QED) is 0.753. The number of hydrogen-bond donors (Lipinski definition) is 1. The van der Waals surface area contributed by atoms with Gasteiger partial charge in [-0.25, -0.2) is 9.78 Å². The van der Waals surface area contributed by atoms with E-state index in [9.17, 15) is 4.79 Å². The van der Waals surface area contributed by atoms with Gasteiger partial charge >= 0.3 is 5.97 Å². The molecule has 3 nitrogen and oxygen atoms in total. The lowest BCUT2D eigenvalue weighted by molar-refractivity contribution is 0.0697. The Bertz CT molecular complexity index is 813. The number of aromatic nitrogens is 1. The molecule has 0 aliphatic rings.